The Hall–Kier alpha value is -1.35. The van der Waals surface area contributed by atoms with Gasteiger partial charge in [0.15, 0.2) is 12.4 Å². The zero-order chi connectivity index (χ0) is 41.3. The molecule has 1 saturated heterocycles. The van der Waals surface area contributed by atoms with Crippen LogP contribution in [0.3, 0.4) is 0 Å². The van der Waals surface area contributed by atoms with Gasteiger partial charge in [0.05, 0.1) is 6.61 Å². The van der Waals surface area contributed by atoms with Gasteiger partial charge < -0.3 is 34.3 Å². The van der Waals surface area contributed by atoms with E-state index in [9.17, 15) is 37.9 Å². The Morgan fingerprint density at radius 1 is 0.536 bits per heavy atom. The van der Waals surface area contributed by atoms with Gasteiger partial charge in [-0.15, -0.1) is 0 Å². The van der Waals surface area contributed by atoms with Crippen LogP contribution in [0.15, 0.2) is 0 Å². The number of aliphatic hydroxyl groups excluding tert-OH is 3. The second-order valence-corrected chi connectivity index (χ2v) is 17.6. The minimum Gasteiger partial charge on any atom is -0.462 e. The van der Waals surface area contributed by atoms with Crippen LogP contribution in [0.25, 0.3) is 0 Å². The molecule has 1 aliphatic rings. The second kappa shape index (κ2) is 34.5. The molecular weight excluding hydrogens is 741 g/mol. The van der Waals surface area contributed by atoms with Crippen LogP contribution in [-0.4, -0.2) is 96.0 Å². The van der Waals surface area contributed by atoms with Crippen molar-refractivity contribution in [1.29, 1.82) is 0 Å². The Bertz CT molecular complexity index is 1060. The van der Waals surface area contributed by atoms with Crippen molar-refractivity contribution in [2.45, 2.75) is 243 Å². The average Bonchev–Trinajstić information content (AvgIpc) is 3.16. The van der Waals surface area contributed by atoms with E-state index in [1.165, 1.54) is 116 Å². The summed E-state index contributed by atoms with van der Waals surface area (Å²) in [7, 11) is -4.59. The lowest BCUT2D eigenvalue weighted by Gasteiger charge is -2.40. The molecular formula is C43H82O12S. The summed E-state index contributed by atoms with van der Waals surface area (Å²) < 4.78 is 53.8. The number of ether oxygens (including phenoxy) is 4. The van der Waals surface area contributed by atoms with Gasteiger partial charge in [-0.05, 0) is 12.8 Å². The summed E-state index contributed by atoms with van der Waals surface area (Å²) in [6, 6.07) is 0. The van der Waals surface area contributed by atoms with Crippen molar-refractivity contribution < 1.29 is 56.8 Å². The maximum Gasteiger partial charge on any atom is 0.306 e. The third kappa shape index (κ3) is 29.0. The van der Waals surface area contributed by atoms with E-state index in [0.717, 1.165) is 51.4 Å². The number of rotatable bonds is 38. The fourth-order valence-corrected chi connectivity index (χ4v) is 7.84. The van der Waals surface area contributed by atoms with Gasteiger partial charge in [-0.1, -0.05) is 181 Å². The van der Waals surface area contributed by atoms with Crippen LogP contribution < -0.4 is 0 Å². The highest BCUT2D eigenvalue weighted by Crippen LogP contribution is 2.24. The minimum atomic E-state index is -4.59. The zero-order valence-corrected chi connectivity index (χ0v) is 36.1. The van der Waals surface area contributed by atoms with Gasteiger partial charge in [0.1, 0.15) is 36.8 Å². The zero-order valence-electron chi connectivity index (χ0n) is 35.3. The standard InChI is InChI=1S/C43H82O12S/c1-3-5-7-9-11-12-13-14-15-16-17-18-19-20-21-22-23-24-26-27-29-31-38(44)52-33-36(54-39(45)32-30-28-25-10-8-6-4-2)34-53-43-42(48)41(47)40(46)37(55-43)35-56(49,50)51/h36-37,40-43,46-48H,3-35H2,1-2H3,(H,49,50,51)/t36-,37+,40+,41?,42?,43-/m1/s1. The highest BCUT2D eigenvalue weighted by molar-refractivity contribution is 7.85. The van der Waals surface area contributed by atoms with E-state index in [-0.39, 0.29) is 19.4 Å². The number of esters is 2. The molecule has 56 heavy (non-hydrogen) atoms. The molecule has 0 radical (unpaired) electrons. The van der Waals surface area contributed by atoms with Crippen molar-refractivity contribution in [3.63, 3.8) is 0 Å². The quantitative estimate of drug-likeness (QED) is 0.0264. The lowest BCUT2D eigenvalue weighted by atomic mass is 10.00. The van der Waals surface area contributed by atoms with Crippen LogP contribution in [-0.2, 0) is 38.7 Å². The first-order valence-electron chi connectivity index (χ1n) is 22.6. The number of carbonyl (C=O) groups is 2. The van der Waals surface area contributed by atoms with Gasteiger partial charge in [-0.3, -0.25) is 14.1 Å². The maximum absolute atomic E-state index is 12.7. The third-order valence-corrected chi connectivity index (χ3v) is 11.4. The maximum atomic E-state index is 12.7. The lowest BCUT2D eigenvalue weighted by molar-refractivity contribution is -0.297. The predicted molar refractivity (Wildman–Crippen MR) is 220 cm³/mol. The van der Waals surface area contributed by atoms with E-state index in [4.69, 9.17) is 18.9 Å². The Morgan fingerprint density at radius 3 is 1.30 bits per heavy atom. The van der Waals surface area contributed by atoms with E-state index >= 15 is 0 Å². The minimum absolute atomic E-state index is 0.168. The summed E-state index contributed by atoms with van der Waals surface area (Å²) in [5.74, 6) is -1.97. The lowest BCUT2D eigenvalue weighted by Crippen LogP contribution is -2.60. The summed E-state index contributed by atoms with van der Waals surface area (Å²) in [5, 5.41) is 30.7. The summed E-state index contributed by atoms with van der Waals surface area (Å²) in [6.45, 7) is 3.72. The van der Waals surface area contributed by atoms with Crippen LogP contribution >= 0.6 is 0 Å². The van der Waals surface area contributed by atoms with Gasteiger partial charge in [-0.25, -0.2) is 0 Å². The molecule has 0 aromatic heterocycles. The second-order valence-electron chi connectivity index (χ2n) is 16.1. The van der Waals surface area contributed by atoms with Gasteiger partial charge in [0, 0.05) is 12.8 Å². The molecule has 0 spiro atoms. The topological polar surface area (TPSA) is 186 Å². The van der Waals surface area contributed by atoms with Crippen LogP contribution in [0, 0.1) is 0 Å². The molecule has 1 heterocycles. The largest absolute Gasteiger partial charge is 0.462 e. The SMILES string of the molecule is CCCCCCCCCCCCCCCCCCCCCCCC(=O)OC[C@H](CO[C@@H]1O[C@@H](CS(=O)(=O)O)[C@H](O)C(O)C1O)OC(=O)CCCCCCCCC. The number of hydrogen-bond donors (Lipinski definition) is 4. The van der Waals surface area contributed by atoms with Gasteiger partial charge in [0.2, 0.25) is 0 Å². The van der Waals surface area contributed by atoms with Crippen molar-refractivity contribution in [3.8, 4) is 0 Å². The van der Waals surface area contributed by atoms with Crippen molar-refractivity contribution >= 4 is 22.1 Å². The summed E-state index contributed by atoms with van der Waals surface area (Å²) >= 11 is 0. The molecule has 6 atom stereocenters. The first-order valence-corrected chi connectivity index (χ1v) is 24.2. The molecule has 4 N–H and O–H groups in total. The van der Waals surface area contributed by atoms with Gasteiger partial charge in [-0.2, -0.15) is 8.42 Å². The molecule has 2 unspecified atom stereocenters. The van der Waals surface area contributed by atoms with Crippen LogP contribution in [0.2, 0.25) is 0 Å². The Balaban J connectivity index is 2.30. The van der Waals surface area contributed by atoms with Crippen molar-refractivity contribution in [1.82, 2.24) is 0 Å². The molecule has 0 amide bonds. The molecule has 0 saturated carbocycles. The van der Waals surface area contributed by atoms with Crippen LogP contribution in [0.4, 0.5) is 0 Å². The molecule has 1 rings (SSSR count). The van der Waals surface area contributed by atoms with E-state index < -0.39 is 71.2 Å². The highest BCUT2D eigenvalue weighted by atomic mass is 32.2. The molecule has 0 aliphatic carbocycles. The van der Waals surface area contributed by atoms with Crippen LogP contribution in [0.5, 0.6) is 0 Å². The molecule has 332 valence electrons. The first-order chi connectivity index (χ1) is 27.0. The normalized spacial score (nSPS) is 20.6. The molecule has 0 aromatic rings. The smallest absolute Gasteiger partial charge is 0.306 e. The van der Waals surface area contributed by atoms with Gasteiger partial charge >= 0.3 is 11.9 Å². The molecule has 0 bridgehead atoms. The third-order valence-electron chi connectivity index (χ3n) is 10.7. The highest BCUT2D eigenvalue weighted by Gasteiger charge is 2.46. The fourth-order valence-electron chi connectivity index (χ4n) is 7.15. The fraction of sp³-hybridized carbons (Fsp3) is 0.953. The Morgan fingerprint density at radius 2 is 0.911 bits per heavy atom. The van der Waals surface area contributed by atoms with Crippen molar-refractivity contribution in [2.75, 3.05) is 19.0 Å². The monoisotopic (exact) mass is 823 g/mol. The summed E-state index contributed by atoms with van der Waals surface area (Å²) in [6.07, 6.45) is 24.8. The van der Waals surface area contributed by atoms with E-state index in [1.54, 1.807) is 0 Å². The molecule has 0 aromatic carbocycles. The van der Waals surface area contributed by atoms with Crippen LogP contribution in [0.1, 0.15) is 206 Å². The number of carbonyl (C=O) groups excluding carboxylic acids is 2. The average molecular weight is 823 g/mol. The van der Waals surface area contributed by atoms with E-state index in [0.29, 0.717) is 12.8 Å². The molecule has 1 aliphatic heterocycles. The van der Waals surface area contributed by atoms with E-state index in [1.807, 2.05) is 0 Å². The predicted octanol–water partition coefficient (Wildman–Crippen LogP) is 8.90. The molecule has 12 nitrogen and oxygen atoms in total. The van der Waals surface area contributed by atoms with Gasteiger partial charge in [0.25, 0.3) is 10.1 Å². The number of unbranched alkanes of at least 4 members (excludes halogenated alkanes) is 26. The molecule has 13 heteroatoms. The van der Waals surface area contributed by atoms with Crippen molar-refractivity contribution in [2.24, 2.45) is 0 Å². The van der Waals surface area contributed by atoms with E-state index in [2.05, 4.69) is 13.8 Å². The molecule has 1 fully saturated rings. The first kappa shape index (κ1) is 52.7. The van der Waals surface area contributed by atoms with Crippen molar-refractivity contribution in [3.05, 3.63) is 0 Å². The Kier molecular flexibility index (Phi) is 32.5. The number of aliphatic hydroxyl groups is 3. The summed E-state index contributed by atoms with van der Waals surface area (Å²) in [5.41, 5.74) is 0. The summed E-state index contributed by atoms with van der Waals surface area (Å²) in [4.78, 5) is 25.2. The number of hydrogen-bond acceptors (Lipinski definition) is 11. The Labute approximate surface area is 340 Å².